The Bertz CT molecular complexity index is 1380. The lowest BCUT2D eigenvalue weighted by atomic mass is 10.00. The summed E-state index contributed by atoms with van der Waals surface area (Å²) in [5.41, 5.74) is 1.20. The Hall–Kier alpha value is -3.36. The van der Waals surface area contributed by atoms with Crippen LogP contribution in [0.25, 0.3) is 21.7 Å². The summed E-state index contributed by atoms with van der Waals surface area (Å²) in [6.45, 7) is 1.11. The fourth-order valence-corrected chi connectivity index (χ4v) is 5.43. The zero-order valence-electron chi connectivity index (χ0n) is 16.7. The summed E-state index contributed by atoms with van der Waals surface area (Å²) in [6, 6.07) is 16.8. The average molecular weight is 433 g/mol. The smallest absolute Gasteiger partial charge is 0.256 e. The highest BCUT2D eigenvalue weighted by Crippen LogP contribution is 2.28. The zero-order chi connectivity index (χ0) is 21.4. The van der Waals surface area contributed by atoms with E-state index in [2.05, 4.69) is 9.97 Å². The van der Waals surface area contributed by atoms with Crippen LogP contribution in [-0.4, -0.2) is 59.7 Å². The number of fused-ring (bicyclic) bond motifs is 3. The zero-order valence-corrected chi connectivity index (χ0v) is 17.5. The van der Waals surface area contributed by atoms with Crippen molar-refractivity contribution in [3.63, 3.8) is 0 Å². The first-order chi connectivity index (χ1) is 15.1. The number of pyridine rings is 2. The van der Waals surface area contributed by atoms with Crippen LogP contribution < -0.4 is 0 Å². The van der Waals surface area contributed by atoms with E-state index in [4.69, 9.17) is 0 Å². The molecule has 0 unspecified atom stereocenters. The van der Waals surface area contributed by atoms with E-state index in [1.807, 2.05) is 42.5 Å². The van der Waals surface area contributed by atoms with Gasteiger partial charge in [-0.15, -0.1) is 0 Å². The van der Waals surface area contributed by atoms with Crippen molar-refractivity contribution in [3.05, 3.63) is 78.8 Å². The lowest BCUT2D eigenvalue weighted by Gasteiger charge is -2.34. The Morgan fingerprint density at radius 2 is 1.61 bits per heavy atom. The van der Waals surface area contributed by atoms with Crippen LogP contribution in [0.4, 0.5) is 0 Å². The number of sulfonamides is 1. The molecule has 1 amide bonds. The Balaban J connectivity index is 1.43. The summed E-state index contributed by atoms with van der Waals surface area (Å²) in [6.07, 6.45) is 4.57. The number of piperazine rings is 1. The molecule has 0 aliphatic carbocycles. The fourth-order valence-electron chi connectivity index (χ4n) is 4.04. The van der Waals surface area contributed by atoms with E-state index in [1.165, 1.54) is 22.8 Å². The Labute approximate surface area is 180 Å². The molecule has 156 valence electrons. The molecule has 1 aliphatic rings. The second-order valence-corrected chi connectivity index (χ2v) is 9.37. The van der Waals surface area contributed by atoms with Crippen molar-refractivity contribution in [1.82, 2.24) is 19.2 Å². The molecule has 2 aromatic heterocycles. The molecule has 1 fully saturated rings. The van der Waals surface area contributed by atoms with E-state index < -0.39 is 10.0 Å². The molecular weight excluding hydrogens is 412 g/mol. The van der Waals surface area contributed by atoms with Crippen molar-refractivity contribution in [2.75, 3.05) is 26.2 Å². The quantitative estimate of drug-likeness (QED) is 0.465. The van der Waals surface area contributed by atoms with Gasteiger partial charge >= 0.3 is 0 Å². The van der Waals surface area contributed by atoms with Crippen LogP contribution in [0.5, 0.6) is 0 Å². The standard InChI is InChI=1S/C23H20N4O3S/c28-23(21-15-17-5-1-2-7-19(17)20-8-4-10-25-22(20)21)26-11-13-27(14-12-26)31(29,30)18-6-3-9-24-16-18/h1-10,15-16H,11-14H2. The molecular formula is C23H20N4O3S. The molecule has 7 nitrogen and oxygen atoms in total. The third kappa shape index (κ3) is 3.43. The van der Waals surface area contributed by atoms with Gasteiger partial charge in [-0.25, -0.2) is 8.42 Å². The minimum Gasteiger partial charge on any atom is -0.336 e. The van der Waals surface area contributed by atoms with Gasteiger partial charge in [0.2, 0.25) is 10.0 Å². The molecule has 5 rings (SSSR count). The number of carbonyl (C=O) groups excluding carboxylic acids is 1. The Morgan fingerprint density at radius 3 is 2.39 bits per heavy atom. The average Bonchev–Trinajstić information content (AvgIpc) is 2.84. The van der Waals surface area contributed by atoms with Gasteiger partial charge in [-0.3, -0.25) is 14.8 Å². The molecule has 1 aliphatic heterocycles. The lowest BCUT2D eigenvalue weighted by molar-refractivity contribution is 0.0700. The summed E-state index contributed by atoms with van der Waals surface area (Å²) in [5.74, 6) is -0.132. The maximum absolute atomic E-state index is 13.4. The van der Waals surface area contributed by atoms with Gasteiger partial charge in [0.1, 0.15) is 4.90 Å². The van der Waals surface area contributed by atoms with Crippen molar-refractivity contribution in [2.45, 2.75) is 4.90 Å². The van der Waals surface area contributed by atoms with E-state index in [0.717, 1.165) is 16.2 Å². The predicted molar refractivity (Wildman–Crippen MR) is 118 cm³/mol. The minimum absolute atomic E-state index is 0.132. The van der Waals surface area contributed by atoms with Crippen LogP contribution in [0.3, 0.4) is 0 Å². The molecule has 1 saturated heterocycles. The molecule has 0 N–H and O–H groups in total. The number of amides is 1. The van der Waals surface area contributed by atoms with E-state index >= 15 is 0 Å². The van der Waals surface area contributed by atoms with Crippen LogP contribution in [0, 0.1) is 0 Å². The van der Waals surface area contributed by atoms with Crippen molar-refractivity contribution in [1.29, 1.82) is 0 Å². The summed E-state index contributed by atoms with van der Waals surface area (Å²) < 4.78 is 27.1. The second-order valence-electron chi connectivity index (χ2n) is 7.43. The van der Waals surface area contributed by atoms with Crippen LogP contribution in [0.2, 0.25) is 0 Å². The molecule has 0 bridgehead atoms. The fraction of sp³-hybridized carbons (Fsp3) is 0.174. The van der Waals surface area contributed by atoms with Gasteiger partial charge in [0.05, 0.1) is 11.1 Å². The first kappa shape index (κ1) is 19.6. The summed E-state index contributed by atoms with van der Waals surface area (Å²) in [5, 5.41) is 2.96. The van der Waals surface area contributed by atoms with Crippen LogP contribution in [0.1, 0.15) is 10.4 Å². The molecule has 8 heteroatoms. The third-order valence-corrected chi connectivity index (χ3v) is 7.52. The van der Waals surface area contributed by atoms with E-state index in [9.17, 15) is 13.2 Å². The molecule has 0 spiro atoms. The Morgan fingerprint density at radius 1 is 0.871 bits per heavy atom. The first-order valence-corrected chi connectivity index (χ1v) is 11.5. The highest BCUT2D eigenvalue weighted by molar-refractivity contribution is 7.89. The summed E-state index contributed by atoms with van der Waals surface area (Å²) >= 11 is 0. The highest BCUT2D eigenvalue weighted by atomic mass is 32.2. The first-order valence-electron chi connectivity index (χ1n) is 10.0. The van der Waals surface area contributed by atoms with Crippen LogP contribution in [-0.2, 0) is 10.0 Å². The van der Waals surface area contributed by atoms with Crippen LogP contribution >= 0.6 is 0 Å². The van der Waals surface area contributed by atoms with Gasteiger partial charge in [0, 0.05) is 50.2 Å². The predicted octanol–water partition coefficient (Wildman–Crippen LogP) is 2.93. The van der Waals surface area contributed by atoms with Gasteiger partial charge < -0.3 is 4.90 Å². The van der Waals surface area contributed by atoms with Crippen molar-refractivity contribution in [2.24, 2.45) is 0 Å². The maximum Gasteiger partial charge on any atom is 0.256 e. The molecule has 3 heterocycles. The summed E-state index contributed by atoms with van der Waals surface area (Å²) in [4.78, 5) is 23.6. The number of hydrogen-bond donors (Lipinski definition) is 0. The molecule has 0 radical (unpaired) electrons. The van der Waals surface area contributed by atoms with Gasteiger partial charge in [-0.2, -0.15) is 4.31 Å². The number of benzene rings is 2. The van der Waals surface area contributed by atoms with Crippen LogP contribution in [0.15, 0.2) is 78.1 Å². The topological polar surface area (TPSA) is 83.5 Å². The largest absolute Gasteiger partial charge is 0.336 e. The van der Waals surface area contributed by atoms with Gasteiger partial charge in [-0.05, 0) is 35.0 Å². The van der Waals surface area contributed by atoms with Crippen molar-refractivity contribution >= 4 is 37.6 Å². The number of rotatable bonds is 3. The van der Waals surface area contributed by atoms with Crippen molar-refractivity contribution < 1.29 is 13.2 Å². The van der Waals surface area contributed by atoms with E-state index in [1.54, 1.807) is 17.2 Å². The molecule has 31 heavy (non-hydrogen) atoms. The number of aromatic nitrogens is 2. The lowest BCUT2D eigenvalue weighted by Crippen LogP contribution is -2.50. The normalized spacial score (nSPS) is 15.4. The highest BCUT2D eigenvalue weighted by Gasteiger charge is 2.31. The van der Waals surface area contributed by atoms with Gasteiger partial charge in [0.25, 0.3) is 5.91 Å². The van der Waals surface area contributed by atoms with E-state index in [0.29, 0.717) is 24.2 Å². The number of carbonyl (C=O) groups is 1. The molecule has 4 aromatic rings. The molecule has 2 aromatic carbocycles. The van der Waals surface area contributed by atoms with Crippen molar-refractivity contribution in [3.8, 4) is 0 Å². The number of hydrogen-bond acceptors (Lipinski definition) is 5. The van der Waals surface area contributed by atoms with Gasteiger partial charge in [-0.1, -0.05) is 30.3 Å². The SMILES string of the molecule is O=C(c1cc2ccccc2c2cccnc12)N1CCN(S(=O)(=O)c2cccnc2)CC1. The van der Waals surface area contributed by atoms with E-state index in [-0.39, 0.29) is 23.9 Å². The molecule has 0 saturated carbocycles. The second kappa shape index (κ2) is 7.72. The number of nitrogens with zero attached hydrogens (tertiary/aromatic N) is 4. The molecule has 0 atom stereocenters. The minimum atomic E-state index is -3.62. The maximum atomic E-state index is 13.4. The monoisotopic (exact) mass is 432 g/mol. The van der Waals surface area contributed by atoms with Gasteiger partial charge in [0.15, 0.2) is 0 Å². The third-order valence-electron chi connectivity index (χ3n) is 5.64. The Kier molecular flexibility index (Phi) is 4.88. The summed E-state index contributed by atoms with van der Waals surface area (Å²) in [7, 11) is -3.62.